The van der Waals surface area contributed by atoms with Crippen LogP contribution in [-0.4, -0.2) is 30.0 Å². The lowest BCUT2D eigenvalue weighted by Crippen LogP contribution is -2.15. The molecule has 27 heavy (non-hydrogen) atoms. The van der Waals surface area contributed by atoms with Gasteiger partial charge in [0.1, 0.15) is 0 Å². The standard InChI is InChI=1S/C21H23NO4S/c1-4-20(24)22-17-8-6-16(7-9-17)19(23)12-26-21(25)13-27-18-10-5-14(2)15(3)11-18/h5-11H,4,12-13H2,1-3H3,(H,22,24). The van der Waals surface area contributed by atoms with E-state index in [1.165, 1.54) is 22.9 Å². The van der Waals surface area contributed by atoms with Crippen molar-refractivity contribution in [1.82, 2.24) is 0 Å². The Morgan fingerprint density at radius 2 is 1.70 bits per heavy atom. The van der Waals surface area contributed by atoms with Crippen LogP contribution in [0.5, 0.6) is 0 Å². The van der Waals surface area contributed by atoms with Crippen LogP contribution in [0, 0.1) is 13.8 Å². The van der Waals surface area contributed by atoms with E-state index < -0.39 is 5.97 Å². The number of thioether (sulfide) groups is 1. The Bertz CT molecular complexity index is 831. The van der Waals surface area contributed by atoms with Crippen LogP contribution in [-0.2, 0) is 14.3 Å². The Morgan fingerprint density at radius 1 is 1.00 bits per heavy atom. The van der Waals surface area contributed by atoms with Gasteiger partial charge in [-0.2, -0.15) is 0 Å². The number of ether oxygens (including phenoxy) is 1. The second-order valence-corrected chi connectivity index (χ2v) is 7.15. The minimum absolute atomic E-state index is 0.0933. The Hall–Kier alpha value is -2.60. The van der Waals surface area contributed by atoms with Crippen molar-refractivity contribution in [1.29, 1.82) is 0 Å². The number of hydrogen-bond donors (Lipinski definition) is 1. The third kappa shape index (κ3) is 6.57. The van der Waals surface area contributed by atoms with Crippen molar-refractivity contribution in [3.8, 4) is 0 Å². The third-order valence-corrected chi connectivity index (χ3v) is 4.98. The molecule has 0 aliphatic carbocycles. The highest BCUT2D eigenvalue weighted by Crippen LogP contribution is 2.21. The first-order chi connectivity index (χ1) is 12.9. The largest absolute Gasteiger partial charge is 0.457 e. The minimum Gasteiger partial charge on any atom is -0.457 e. The minimum atomic E-state index is -0.432. The number of aryl methyl sites for hydroxylation is 2. The molecule has 2 aromatic carbocycles. The summed E-state index contributed by atoms with van der Waals surface area (Å²) in [6.45, 7) is 5.52. The number of hydrogen-bond acceptors (Lipinski definition) is 5. The summed E-state index contributed by atoms with van der Waals surface area (Å²) in [4.78, 5) is 36.3. The number of rotatable bonds is 8. The molecule has 0 fully saturated rings. The number of Topliss-reactive ketones (excluding diaryl/α,β-unsaturated/α-hetero) is 1. The first-order valence-electron chi connectivity index (χ1n) is 8.68. The molecule has 0 atom stereocenters. The SMILES string of the molecule is CCC(=O)Nc1ccc(C(=O)COC(=O)CSc2ccc(C)c(C)c2)cc1. The van der Waals surface area contributed by atoms with Gasteiger partial charge >= 0.3 is 5.97 Å². The molecule has 0 aliphatic heterocycles. The molecule has 5 nitrogen and oxygen atoms in total. The van der Waals surface area contributed by atoms with Crippen molar-refractivity contribution in [2.45, 2.75) is 32.1 Å². The van der Waals surface area contributed by atoms with Crippen molar-refractivity contribution in [3.63, 3.8) is 0 Å². The smallest absolute Gasteiger partial charge is 0.316 e. The first kappa shape index (κ1) is 20.7. The molecular formula is C21H23NO4S. The highest BCUT2D eigenvalue weighted by molar-refractivity contribution is 8.00. The second kappa shape index (κ2) is 9.92. The monoisotopic (exact) mass is 385 g/mol. The van der Waals surface area contributed by atoms with Gasteiger partial charge in [-0.05, 0) is 61.4 Å². The molecule has 0 heterocycles. The van der Waals surface area contributed by atoms with Crippen molar-refractivity contribution in [2.75, 3.05) is 17.7 Å². The molecule has 2 rings (SSSR count). The van der Waals surface area contributed by atoms with E-state index in [0.29, 0.717) is 17.7 Å². The molecule has 0 saturated heterocycles. The first-order valence-corrected chi connectivity index (χ1v) is 9.66. The molecular weight excluding hydrogens is 362 g/mol. The summed E-state index contributed by atoms with van der Waals surface area (Å²) in [5.74, 6) is -0.659. The predicted octanol–water partition coefficient (Wildman–Crippen LogP) is 4.17. The van der Waals surface area contributed by atoms with E-state index >= 15 is 0 Å². The summed E-state index contributed by atoms with van der Waals surface area (Å²) in [7, 11) is 0. The summed E-state index contributed by atoms with van der Waals surface area (Å²) in [5, 5.41) is 2.71. The van der Waals surface area contributed by atoms with Gasteiger partial charge in [0, 0.05) is 22.6 Å². The Balaban J connectivity index is 1.79. The number of benzene rings is 2. The van der Waals surface area contributed by atoms with E-state index in [4.69, 9.17) is 4.74 Å². The summed E-state index contributed by atoms with van der Waals surface area (Å²) >= 11 is 1.38. The van der Waals surface area contributed by atoms with E-state index in [1.807, 2.05) is 32.0 Å². The Kier molecular flexibility index (Phi) is 7.61. The average molecular weight is 385 g/mol. The van der Waals surface area contributed by atoms with Gasteiger partial charge in [0.05, 0.1) is 5.75 Å². The predicted molar refractivity (Wildman–Crippen MR) is 107 cm³/mol. The van der Waals surface area contributed by atoms with Crippen LogP contribution < -0.4 is 5.32 Å². The molecule has 0 aromatic heterocycles. The van der Waals surface area contributed by atoms with E-state index in [-0.39, 0.29) is 24.1 Å². The fourth-order valence-electron chi connectivity index (χ4n) is 2.21. The molecule has 1 N–H and O–H groups in total. The van der Waals surface area contributed by atoms with E-state index in [2.05, 4.69) is 5.32 Å². The van der Waals surface area contributed by atoms with Crippen LogP contribution in [0.25, 0.3) is 0 Å². The van der Waals surface area contributed by atoms with Gasteiger partial charge in [0.15, 0.2) is 12.4 Å². The lowest BCUT2D eigenvalue weighted by molar-refractivity contribution is -0.139. The van der Waals surface area contributed by atoms with Crippen LogP contribution in [0.2, 0.25) is 0 Å². The molecule has 0 radical (unpaired) electrons. The Morgan fingerprint density at radius 3 is 2.33 bits per heavy atom. The topological polar surface area (TPSA) is 72.5 Å². The normalized spacial score (nSPS) is 10.3. The van der Waals surface area contributed by atoms with E-state index in [1.54, 1.807) is 31.2 Å². The number of anilines is 1. The van der Waals surface area contributed by atoms with Crippen LogP contribution in [0.1, 0.15) is 34.8 Å². The molecule has 0 spiro atoms. The number of amides is 1. The highest BCUT2D eigenvalue weighted by atomic mass is 32.2. The van der Waals surface area contributed by atoms with Crippen molar-refractivity contribution in [3.05, 3.63) is 59.2 Å². The van der Waals surface area contributed by atoms with E-state index in [9.17, 15) is 14.4 Å². The van der Waals surface area contributed by atoms with Gasteiger partial charge in [-0.3, -0.25) is 14.4 Å². The van der Waals surface area contributed by atoms with Crippen molar-refractivity contribution in [2.24, 2.45) is 0 Å². The maximum atomic E-state index is 12.1. The number of nitrogens with one attached hydrogen (secondary N) is 1. The van der Waals surface area contributed by atoms with E-state index in [0.717, 1.165) is 4.90 Å². The lowest BCUT2D eigenvalue weighted by atomic mass is 10.1. The number of ketones is 1. The van der Waals surface area contributed by atoms with Crippen LogP contribution in [0.4, 0.5) is 5.69 Å². The third-order valence-electron chi connectivity index (χ3n) is 4.01. The van der Waals surface area contributed by atoms with Crippen LogP contribution in [0.15, 0.2) is 47.4 Å². The summed E-state index contributed by atoms with van der Waals surface area (Å²) in [5.41, 5.74) is 3.43. The van der Waals surface area contributed by atoms with Crippen molar-refractivity contribution >= 4 is 35.1 Å². The summed E-state index contributed by atoms with van der Waals surface area (Å²) < 4.78 is 5.07. The van der Waals surface area contributed by atoms with Crippen LogP contribution >= 0.6 is 11.8 Å². The molecule has 1 amide bonds. The van der Waals surface area contributed by atoms with Gasteiger partial charge in [-0.1, -0.05) is 13.0 Å². The maximum absolute atomic E-state index is 12.1. The molecule has 0 unspecified atom stereocenters. The van der Waals surface area contributed by atoms with Gasteiger partial charge in [0.25, 0.3) is 0 Å². The highest BCUT2D eigenvalue weighted by Gasteiger charge is 2.11. The maximum Gasteiger partial charge on any atom is 0.316 e. The fourth-order valence-corrected chi connectivity index (χ4v) is 3.00. The summed E-state index contributed by atoms with van der Waals surface area (Å²) in [6, 6.07) is 12.5. The fraction of sp³-hybridized carbons (Fsp3) is 0.286. The Labute approximate surface area is 163 Å². The number of esters is 1. The number of carbonyl (C=O) groups is 3. The zero-order valence-electron chi connectivity index (χ0n) is 15.7. The van der Waals surface area contributed by atoms with Gasteiger partial charge in [0.2, 0.25) is 5.91 Å². The van der Waals surface area contributed by atoms with Crippen LogP contribution in [0.3, 0.4) is 0 Å². The van der Waals surface area contributed by atoms with Gasteiger partial charge in [-0.15, -0.1) is 11.8 Å². The molecule has 0 bridgehead atoms. The zero-order chi connectivity index (χ0) is 19.8. The molecule has 2 aromatic rings. The summed E-state index contributed by atoms with van der Waals surface area (Å²) in [6.07, 6.45) is 0.386. The molecule has 0 saturated carbocycles. The quantitative estimate of drug-likeness (QED) is 0.419. The zero-order valence-corrected chi connectivity index (χ0v) is 16.5. The second-order valence-electron chi connectivity index (χ2n) is 6.10. The van der Waals surface area contributed by atoms with Gasteiger partial charge in [-0.25, -0.2) is 0 Å². The molecule has 0 aliphatic rings. The average Bonchev–Trinajstić information content (AvgIpc) is 2.67. The number of carbonyl (C=O) groups excluding carboxylic acids is 3. The van der Waals surface area contributed by atoms with Gasteiger partial charge < -0.3 is 10.1 Å². The lowest BCUT2D eigenvalue weighted by Gasteiger charge is -2.07. The molecule has 6 heteroatoms. The molecule has 142 valence electrons. The van der Waals surface area contributed by atoms with Crippen molar-refractivity contribution < 1.29 is 19.1 Å².